The molecule has 4 nitrogen and oxygen atoms in total. The molecule has 90 valence electrons. The van der Waals surface area contributed by atoms with Crippen molar-refractivity contribution in [1.29, 1.82) is 0 Å². The van der Waals surface area contributed by atoms with Gasteiger partial charge in [-0.05, 0) is 37.1 Å². The number of carboxylic acids is 1. The molecule has 1 aromatic rings. The summed E-state index contributed by atoms with van der Waals surface area (Å²) in [4.78, 5) is 22.2. The molecule has 0 aliphatic heterocycles. The fourth-order valence-electron chi connectivity index (χ4n) is 1.80. The largest absolute Gasteiger partial charge is 0.481 e. The number of amides is 1. The summed E-state index contributed by atoms with van der Waals surface area (Å²) in [6.07, 6.45) is 0.357. The van der Waals surface area contributed by atoms with Crippen LogP contribution >= 0.6 is 0 Å². The molecule has 1 aliphatic carbocycles. The van der Waals surface area contributed by atoms with Crippen LogP contribution in [0.3, 0.4) is 0 Å². The minimum absolute atomic E-state index is 0.357. The Bertz CT molecular complexity index is 466. The first-order chi connectivity index (χ1) is 7.97. The van der Waals surface area contributed by atoms with Gasteiger partial charge in [-0.25, -0.2) is 4.39 Å². The van der Waals surface area contributed by atoms with Crippen LogP contribution in [0, 0.1) is 24.6 Å². The summed E-state index contributed by atoms with van der Waals surface area (Å²) in [5.41, 5.74) is 1.06. The normalized spacial score (nSPS) is 22.0. The van der Waals surface area contributed by atoms with Crippen LogP contribution in [0.15, 0.2) is 18.2 Å². The number of aryl methyl sites for hydroxylation is 1. The first-order valence-electron chi connectivity index (χ1n) is 5.28. The Kier molecular flexibility index (Phi) is 2.83. The van der Waals surface area contributed by atoms with E-state index >= 15 is 0 Å². The Morgan fingerprint density at radius 2 is 2.06 bits per heavy atom. The molecule has 0 bridgehead atoms. The number of hydrogen-bond donors (Lipinski definition) is 2. The van der Waals surface area contributed by atoms with Crippen molar-refractivity contribution in [3.8, 4) is 0 Å². The van der Waals surface area contributed by atoms with Crippen molar-refractivity contribution in [2.24, 2.45) is 11.8 Å². The minimum Gasteiger partial charge on any atom is -0.481 e. The van der Waals surface area contributed by atoms with Gasteiger partial charge in [-0.15, -0.1) is 0 Å². The molecule has 1 saturated carbocycles. The average molecular weight is 237 g/mol. The number of carbonyl (C=O) groups excluding carboxylic acids is 1. The van der Waals surface area contributed by atoms with E-state index in [0.29, 0.717) is 17.7 Å². The molecular weight excluding hydrogens is 225 g/mol. The predicted octanol–water partition coefficient (Wildman–Crippen LogP) is 1.79. The summed E-state index contributed by atoms with van der Waals surface area (Å²) in [5, 5.41) is 11.2. The summed E-state index contributed by atoms with van der Waals surface area (Å²) >= 11 is 0. The second kappa shape index (κ2) is 4.16. The summed E-state index contributed by atoms with van der Waals surface area (Å²) in [5.74, 6) is -2.82. The summed E-state index contributed by atoms with van der Waals surface area (Å²) in [6, 6.07) is 4.20. The SMILES string of the molecule is Cc1cc(F)cc(NC(=O)[C@@H]2C[C@@H]2C(=O)O)c1. The number of nitrogens with one attached hydrogen (secondary N) is 1. The Morgan fingerprint density at radius 1 is 1.35 bits per heavy atom. The fraction of sp³-hybridized carbons (Fsp3) is 0.333. The second-order valence-electron chi connectivity index (χ2n) is 4.29. The number of hydrogen-bond acceptors (Lipinski definition) is 2. The maximum absolute atomic E-state index is 13.1. The van der Waals surface area contributed by atoms with Gasteiger partial charge in [0.15, 0.2) is 0 Å². The standard InChI is InChI=1S/C12H12FNO3/c1-6-2-7(13)4-8(3-6)14-11(15)9-5-10(9)12(16)17/h2-4,9-10H,5H2,1H3,(H,14,15)(H,16,17)/t9-,10+/m1/s1. The number of carboxylic acid groups (broad SMARTS) is 1. The number of carbonyl (C=O) groups is 2. The number of rotatable bonds is 3. The van der Waals surface area contributed by atoms with Crippen LogP contribution < -0.4 is 5.32 Å². The summed E-state index contributed by atoms with van der Waals surface area (Å²) in [7, 11) is 0. The fourth-order valence-corrected chi connectivity index (χ4v) is 1.80. The third-order valence-corrected chi connectivity index (χ3v) is 2.75. The summed E-state index contributed by atoms with van der Waals surface area (Å²) < 4.78 is 13.1. The maximum atomic E-state index is 13.1. The van der Waals surface area contributed by atoms with E-state index in [1.807, 2.05) is 0 Å². The molecule has 1 aliphatic rings. The molecule has 0 saturated heterocycles. The molecule has 0 radical (unpaired) electrons. The molecule has 0 heterocycles. The number of halogens is 1. The van der Waals surface area contributed by atoms with E-state index in [9.17, 15) is 14.0 Å². The van der Waals surface area contributed by atoms with Gasteiger partial charge in [-0.3, -0.25) is 9.59 Å². The molecule has 0 spiro atoms. The van der Waals surface area contributed by atoms with Gasteiger partial charge in [-0.1, -0.05) is 0 Å². The van der Waals surface area contributed by atoms with Gasteiger partial charge in [0.2, 0.25) is 5.91 Å². The van der Waals surface area contributed by atoms with Gasteiger partial charge >= 0.3 is 5.97 Å². The molecule has 0 aromatic heterocycles. The van der Waals surface area contributed by atoms with Gasteiger partial charge in [0.1, 0.15) is 5.82 Å². The van der Waals surface area contributed by atoms with Crippen LogP contribution in [-0.2, 0) is 9.59 Å². The van der Waals surface area contributed by atoms with Gasteiger partial charge in [0, 0.05) is 5.69 Å². The van der Waals surface area contributed by atoms with E-state index in [4.69, 9.17) is 5.11 Å². The number of benzene rings is 1. The van der Waals surface area contributed by atoms with Crippen molar-refractivity contribution in [2.45, 2.75) is 13.3 Å². The molecule has 1 aromatic carbocycles. The van der Waals surface area contributed by atoms with Crippen LogP contribution in [0.1, 0.15) is 12.0 Å². The lowest BCUT2D eigenvalue weighted by atomic mass is 10.2. The molecule has 5 heteroatoms. The molecule has 2 N–H and O–H groups in total. The Hall–Kier alpha value is -1.91. The Morgan fingerprint density at radius 3 is 2.59 bits per heavy atom. The van der Waals surface area contributed by atoms with Gasteiger partial charge in [0.25, 0.3) is 0 Å². The highest BCUT2D eigenvalue weighted by Gasteiger charge is 2.48. The lowest BCUT2D eigenvalue weighted by Crippen LogP contribution is -2.16. The highest BCUT2D eigenvalue weighted by Crippen LogP contribution is 2.39. The van der Waals surface area contributed by atoms with E-state index in [1.54, 1.807) is 13.0 Å². The van der Waals surface area contributed by atoms with Crippen molar-refractivity contribution in [3.05, 3.63) is 29.6 Å². The Labute approximate surface area is 97.4 Å². The quantitative estimate of drug-likeness (QED) is 0.842. The van der Waals surface area contributed by atoms with Gasteiger partial charge < -0.3 is 10.4 Å². The van der Waals surface area contributed by atoms with E-state index in [1.165, 1.54) is 12.1 Å². The number of aliphatic carboxylic acids is 1. The summed E-state index contributed by atoms with van der Waals surface area (Å²) in [6.45, 7) is 1.72. The lowest BCUT2D eigenvalue weighted by molar-refractivity contribution is -0.139. The van der Waals surface area contributed by atoms with Crippen LogP contribution in [-0.4, -0.2) is 17.0 Å². The van der Waals surface area contributed by atoms with Crippen molar-refractivity contribution in [1.82, 2.24) is 0 Å². The van der Waals surface area contributed by atoms with Gasteiger partial charge in [-0.2, -0.15) is 0 Å². The van der Waals surface area contributed by atoms with Crippen molar-refractivity contribution >= 4 is 17.6 Å². The molecule has 2 rings (SSSR count). The van der Waals surface area contributed by atoms with Crippen molar-refractivity contribution in [2.75, 3.05) is 5.32 Å². The first kappa shape index (κ1) is 11.6. The first-order valence-corrected chi connectivity index (χ1v) is 5.28. The zero-order chi connectivity index (χ0) is 12.6. The minimum atomic E-state index is -0.958. The molecule has 0 unspecified atom stereocenters. The lowest BCUT2D eigenvalue weighted by Gasteiger charge is -2.05. The zero-order valence-electron chi connectivity index (χ0n) is 9.24. The monoisotopic (exact) mass is 237 g/mol. The third kappa shape index (κ3) is 2.61. The highest BCUT2D eigenvalue weighted by molar-refractivity contribution is 5.98. The predicted molar refractivity (Wildman–Crippen MR) is 59.0 cm³/mol. The van der Waals surface area contributed by atoms with E-state index in [-0.39, 0.29) is 5.91 Å². The van der Waals surface area contributed by atoms with Crippen molar-refractivity contribution < 1.29 is 19.1 Å². The molecule has 17 heavy (non-hydrogen) atoms. The van der Waals surface area contributed by atoms with Gasteiger partial charge in [0.05, 0.1) is 11.8 Å². The number of anilines is 1. The van der Waals surface area contributed by atoms with Crippen LogP contribution in [0.5, 0.6) is 0 Å². The van der Waals surface area contributed by atoms with E-state index in [0.717, 1.165) is 0 Å². The third-order valence-electron chi connectivity index (χ3n) is 2.75. The highest BCUT2D eigenvalue weighted by atomic mass is 19.1. The van der Waals surface area contributed by atoms with Crippen molar-refractivity contribution in [3.63, 3.8) is 0 Å². The molecular formula is C12H12FNO3. The topological polar surface area (TPSA) is 66.4 Å². The van der Waals surface area contributed by atoms with Crippen LogP contribution in [0.25, 0.3) is 0 Å². The molecule has 1 amide bonds. The average Bonchev–Trinajstić information content (AvgIpc) is 2.94. The van der Waals surface area contributed by atoms with E-state index < -0.39 is 23.6 Å². The molecule has 2 atom stereocenters. The zero-order valence-corrected chi connectivity index (χ0v) is 9.24. The smallest absolute Gasteiger partial charge is 0.307 e. The van der Waals surface area contributed by atoms with Crippen LogP contribution in [0.4, 0.5) is 10.1 Å². The maximum Gasteiger partial charge on any atom is 0.307 e. The Balaban J connectivity index is 2.02. The second-order valence-corrected chi connectivity index (χ2v) is 4.29. The molecule has 1 fully saturated rings. The van der Waals surface area contributed by atoms with E-state index in [2.05, 4.69) is 5.32 Å². The van der Waals surface area contributed by atoms with Crippen LogP contribution in [0.2, 0.25) is 0 Å².